The standard InChI is InChI=1S/C48H78O19/c1-43(2)13-15-48(42(61)67-40-36(59)34(57)31(54)25(19-50)63-40)16-14-46(5)22(23(48)17-43)7-8-28-44(3)11-10-29(45(4,21-52)27(44)9-12-47(28,46)6)65-41-37(60)38(32(55)26(20-51)64-41)66-39-35(58)33(56)30(53)24(18-49)62-39/h7,23-41,49-60H,8-21H2,1-6H3/t23-,24+,25-,26+,27+,28+,29-,30+,31-,32-,33-,34+,35+,36-,37+,38-,39-,40-,41-,44-,45-,46+,47+,48-/m0/s1. The van der Waals surface area contributed by atoms with E-state index in [9.17, 15) is 66.1 Å². The number of aliphatic hydroxyl groups excluding tert-OH is 12. The fourth-order valence-corrected chi connectivity index (χ4v) is 15.1. The van der Waals surface area contributed by atoms with Crippen molar-refractivity contribution < 1.29 is 94.5 Å². The Morgan fingerprint density at radius 3 is 1.76 bits per heavy atom. The first-order valence-corrected chi connectivity index (χ1v) is 24.5. The smallest absolute Gasteiger partial charge is 0.315 e. The molecule has 19 heteroatoms. The summed E-state index contributed by atoms with van der Waals surface area (Å²) in [6.07, 6.45) is -15.3. The van der Waals surface area contributed by atoms with Crippen LogP contribution in [-0.4, -0.2) is 192 Å². The van der Waals surface area contributed by atoms with Crippen LogP contribution in [0.1, 0.15) is 106 Å². The summed E-state index contributed by atoms with van der Waals surface area (Å²) in [7, 11) is 0. The lowest BCUT2D eigenvalue weighted by molar-refractivity contribution is -0.370. The molecule has 3 heterocycles. The number of carbonyl (C=O) groups is 1. The molecular weight excluding hydrogens is 881 g/mol. The van der Waals surface area contributed by atoms with Gasteiger partial charge in [0.2, 0.25) is 6.29 Å². The third-order valence-corrected chi connectivity index (χ3v) is 19.5. The summed E-state index contributed by atoms with van der Waals surface area (Å²) in [5.41, 5.74) is -1.49. The number of esters is 1. The highest BCUT2D eigenvalue weighted by Gasteiger charge is 2.70. The van der Waals surface area contributed by atoms with Crippen molar-refractivity contribution in [2.45, 2.75) is 204 Å². The van der Waals surface area contributed by atoms with Crippen LogP contribution in [0.4, 0.5) is 0 Å². The number of hydrogen-bond acceptors (Lipinski definition) is 19. The van der Waals surface area contributed by atoms with Crippen molar-refractivity contribution in [2.24, 2.45) is 50.2 Å². The van der Waals surface area contributed by atoms with Gasteiger partial charge in [-0.25, -0.2) is 0 Å². The molecule has 0 aromatic heterocycles. The molecule has 4 saturated carbocycles. The van der Waals surface area contributed by atoms with Crippen molar-refractivity contribution in [1.29, 1.82) is 0 Å². The molecule has 12 N–H and O–H groups in total. The number of carbonyl (C=O) groups excluding carboxylic acids is 1. The van der Waals surface area contributed by atoms with Crippen LogP contribution < -0.4 is 0 Å². The Hall–Kier alpha value is -1.47. The minimum Gasteiger partial charge on any atom is -0.432 e. The fraction of sp³-hybridized carbons (Fsp3) is 0.938. The van der Waals surface area contributed by atoms with Gasteiger partial charge in [0.1, 0.15) is 73.2 Å². The molecular formula is C48H78O19. The largest absolute Gasteiger partial charge is 0.432 e. The van der Waals surface area contributed by atoms with Gasteiger partial charge in [-0.2, -0.15) is 0 Å². The second-order valence-electron chi connectivity index (χ2n) is 23.3. The zero-order chi connectivity index (χ0) is 49.0. The molecule has 0 unspecified atom stereocenters. The third kappa shape index (κ3) is 8.10. The van der Waals surface area contributed by atoms with Gasteiger partial charge < -0.3 is 89.7 Å². The highest BCUT2D eigenvalue weighted by molar-refractivity contribution is 5.79. The first kappa shape index (κ1) is 51.9. The molecule has 5 aliphatic carbocycles. The second-order valence-corrected chi connectivity index (χ2v) is 23.3. The lowest BCUT2D eigenvalue weighted by atomic mass is 9.33. The molecule has 3 aliphatic heterocycles. The SMILES string of the molecule is CC1(C)CC[C@]2(C(=O)O[C@@H]3O[C@@H](CO)[C@H](O)[C@@H](O)[C@@H]3O)CC[C@]3(C)C(=CC[C@@H]4[C@@]5(C)CC[C@H](O[C@@H]6O[C@H](CO)[C@H](O)[C@H](O[C@@H]7O[C@H](CO)[C@@H](O)[C@H](O)[C@H]7O)[C@H]6O)[C@@](C)(CO)[C@@H]5CC[C@]43C)[C@@H]2C1. The summed E-state index contributed by atoms with van der Waals surface area (Å²) in [6.45, 7) is 11.2. The Kier molecular flexibility index (Phi) is 14.4. The zero-order valence-electron chi connectivity index (χ0n) is 39.7. The van der Waals surface area contributed by atoms with E-state index in [-0.39, 0.29) is 46.0 Å². The van der Waals surface area contributed by atoms with Gasteiger partial charge in [-0.05, 0) is 104 Å². The van der Waals surface area contributed by atoms with Gasteiger partial charge in [-0.15, -0.1) is 0 Å². The highest BCUT2D eigenvalue weighted by atomic mass is 16.7. The number of fused-ring (bicyclic) bond motifs is 7. The number of aliphatic hydroxyl groups is 12. The molecule has 8 rings (SSSR count). The number of hydrogen-bond donors (Lipinski definition) is 12. The van der Waals surface area contributed by atoms with E-state index in [1.807, 2.05) is 6.92 Å². The number of ether oxygens (including phenoxy) is 6. The summed E-state index contributed by atoms with van der Waals surface area (Å²) in [4.78, 5) is 14.7. The fourth-order valence-electron chi connectivity index (χ4n) is 15.1. The molecule has 19 nitrogen and oxygen atoms in total. The van der Waals surface area contributed by atoms with E-state index < -0.39 is 135 Å². The molecule has 7 fully saturated rings. The van der Waals surface area contributed by atoms with E-state index in [1.165, 1.54) is 5.57 Å². The monoisotopic (exact) mass is 959 g/mol. The van der Waals surface area contributed by atoms with Crippen molar-refractivity contribution in [3.05, 3.63) is 11.6 Å². The first-order chi connectivity index (χ1) is 31.4. The minimum absolute atomic E-state index is 0.0636. The molecule has 0 amide bonds. The van der Waals surface area contributed by atoms with Crippen LogP contribution in [0.2, 0.25) is 0 Å². The number of allylic oxidation sites excluding steroid dienone is 2. The van der Waals surface area contributed by atoms with Gasteiger partial charge in [0.05, 0.1) is 37.9 Å². The Morgan fingerprint density at radius 2 is 1.16 bits per heavy atom. The quantitative estimate of drug-likeness (QED) is 0.0718. The molecule has 3 saturated heterocycles. The lowest BCUT2D eigenvalue weighted by Crippen LogP contribution is -2.67. The second kappa shape index (κ2) is 18.5. The normalized spacial score (nSPS) is 54.1. The lowest BCUT2D eigenvalue weighted by Gasteiger charge is -2.71. The van der Waals surface area contributed by atoms with Crippen molar-refractivity contribution in [3.8, 4) is 0 Å². The van der Waals surface area contributed by atoms with E-state index >= 15 is 0 Å². The van der Waals surface area contributed by atoms with E-state index in [0.717, 1.165) is 32.1 Å². The van der Waals surface area contributed by atoms with Crippen molar-refractivity contribution in [2.75, 3.05) is 26.4 Å². The van der Waals surface area contributed by atoms with Crippen LogP contribution >= 0.6 is 0 Å². The Morgan fingerprint density at radius 1 is 0.612 bits per heavy atom. The highest BCUT2D eigenvalue weighted by Crippen LogP contribution is 2.76. The Labute approximate surface area is 392 Å². The summed E-state index contributed by atoms with van der Waals surface area (Å²) < 4.78 is 35.6. The molecule has 0 bridgehead atoms. The van der Waals surface area contributed by atoms with Crippen LogP contribution in [0.5, 0.6) is 0 Å². The van der Waals surface area contributed by atoms with Crippen molar-refractivity contribution in [3.63, 3.8) is 0 Å². The first-order valence-electron chi connectivity index (χ1n) is 24.5. The van der Waals surface area contributed by atoms with Gasteiger partial charge in [0.15, 0.2) is 12.6 Å². The maximum atomic E-state index is 14.7. The van der Waals surface area contributed by atoms with Crippen LogP contribution in [0.15, 0.2) is 11.6 Å². The zero-order valence-corrected chi connectivity index (χ0v) is 39.7. The summed E-state index contributed by atoms with van der Waals surface area (Å²) in [5.74, 6) is -0.601. The van der Waals surface area contributed by atoms with Crippen LogP contribution in [0, 0.1) is 50.2 Å². The van der Waals surface area contributed by atoms with E-state index in [0.29, 0.717) is 32.1 Å². The van der Waals surface area contributed by atoms with Gasteiger partial charge in [-0.1, -0.05) is 53.2 Å². The van der Waals surface area contributed by atoms with E-state index in [2.05, 4.69) is 40.7 Å². The van der Waals surface area contributed by atoms with Crippen molar-refractivity contribution in [1.82, 2.24) is 0 Å². The summed E-state index contributed by atoms with van der Waals surface area (Å²) >= 11 is 0. The molecule has 0 aromatic rings. The van der Waals surface area contributed by atoms with Gasteiger partial charge in [-0.3, -0.25) is 4.79 Å². The summed E-state index contributed by atoms with van der Waals surface area (Å²) in [5, 5.41) is 127. The van der Waals surface area contributed by atoms with Crippen molar-refractivity contribution >= 4 is 5.97 Å². The molecule has 8 aliphatic rings. The predicted molar refractivity (Wildman–Crippen MR) is 232 cm³/mol. The third-order valence-electron chi connectivity index (χ3n) is 19.5. The molecule has 0 radical (unpaired) electrons. The molecule has 0 aromatic carbocycles. The molecule has 24 atom stereocenters. The maximum absolute atomic E-state index is 14.7. The molecule has 384 valence electrons. The Balaban J connectivity index is 1.04. The van der Waals surface area contributed by atoms with Gasteiger partial charge in [0.25, 0.3) is 0 Å². The maximum Gasteiger partial charge on any atom is 0.315 e. The molecule has 0 spiro atoms. The molecule has 67 heavy (non-hydrogen) atoms. The van der Waals surface area contributed by atoms with Crippen LogP contribution in [0.3, 0.4) is 0 Å². The van der Waals surface area contributed by atoms with Crippen LogP contribution in [0.25, 0.3) is 0 Å². The average molecular weight is 959 g/mol. The van der Waals surface area contributed by atoms with Gasteiger partial charge in [0, 0.05) is 5.41 Å². The predicted octanol–water partition coefficient (Wildman–Crippen LogP) is -0.887. The van der Waals surface area contributed by atoms with E-state index in [1.54, 1.807) is 0 Å². The van der Waals surface area contributed by atoms with Crippen LogP contribution in [-0.2, 0) is 33.2 Å². The topological polar surface area (TPSA) is 315 Å². The average Bonchev–Trinajstić information content (AvgIpc) is 3.29. The number of rotatable bonds is 10. The minimum atomic E-state index is -1.82. The van der Waals surface area contributed by atoms with Gasteiger partial charge >= 0.3 is 5.97 Å². The summed E-state index contributed by atoms with van der Waals surface area (Å²) in [6, 6.07) is 0. The Bertz CT molecular complexity index is 1810. The van der Waals surface area contributed by atoms with E-state index in [4.69, 9.17) is 28.4 Å².